The minimum atomic E-state index is 0.908. The Morgan fingerprint density at radius 3 is 2.54 bits per heavy atom. The van der Waals surface area contributed by atoms with Gasteiger partial charge in [-0.2, -0.15) is 0 Å². The lowest BCUT2D eigenvalue weighted by Crippen LogP contribution is -2.15. The first-order chi connectivity index (χ1) is 6.34. The summed E-state index contributed by atoms with van der Waals surface area (Å²) in [6, 6.07) is 0. The molecule has 1 atom stereocenters. The number of thioether (sulfide) groups is 2. The quantitative estimate of drug-likeness (QED) is 0.627. The summed E-state index contributed by atoms with van der Waals surface area (Å²) < 4.78 is 0.908. The van der Waals surface area contributed by atoms with Gasteiger partial charge < -0.3 is 0 Å². The van der Waals surface area contributed by atoms with E-state index in [1.54, 1.807) is 0 Å². The molecule has 1 unspecified atom stereocenters. The van der Waals surface area contributed by atoms with Gasteiger partial charge in [0.25, 0.3) is 0 Å². The van der Waals surface area contributed by atoms with Crippen molar-refractivity contribution in [1.29, 1.82) is 0 Å². The molecule has 13 heavy (non-hydrogen) atoms. The van der Waals surface area contributed by atoms with E-state index in [2.05, 4.69) is 37.4 Å². The number of hydrogen-bond acceptors (Lipinski definition) is 2. The van der Waals surface area contributed by atoms with E-state index in [-0.39, 0.29) is 0 Å². The van der Waals surface area contributed by atoms with Gasteiger partial charge >= 0.3 is 0 Å². The Morgan fingerprint density at radius 1 is 1.23 bits per heavy atom. The summed E-state index contributed by atoms with van der Waals surface area (Å²) in [5, 5.41) is 0. The van der Waals surface area contributed by atoms with Crippen LogP contribution in [-0.2, 0) is 0 Å². The number of hydrogen-bond donors (Lipinski definition) is 0. The zero-order valence-corrected chi connectivity index (χ0v) is 10.6. The van der Waals surface area contributed by atoms with Crippen LogP contribution in [0.15, 0.2) is 0 Å². The lowest BCUT2D eigenvalue weighted by molar-refractivity contribution is 0.527. The zero-order valence-electron chi connectivity index (χ0n) is 8.92. The highest BCUT2D eigenvalue weighted by atomic mass is 32.2. The molecule has 1 saturated heterocycles. The van der Waals surface area contributed by atoms with Crippen LogP contribution < -0.4 is 0 Å². The van der Waals surface area contributed by atoms with Crippen LogP contribution in [-0.4, -0.2) is 16.1 Å². The SMILES string of the molecule is CCCCCC(C)C1SCCCS1. The molecule has 1 aliphatic heterocycles. The van der Waals surface area contributed by atoms with Gasteiger partial charge in [0.15, 0.2) is 0 Å². The minimum Gasteiger partial charge on any atom is -0.147 e. The van der Waals surface area contributed by atoms with E-state index in [4.69, 9.17) is 0 Å². The Morgan fingerprint density at radius 2 is 1.92 bits per heavy atom. The summed E-state index contributed by atoms with van der Waals surface area (Å²) in [4.78, 5) is 0. The van der Waals surface area contributed by atoms with E-state index in [0.717, 1.165) is 10.5 Å². The number of rotatable bonds is 5. The van der Waals surface area contributed by atoms with Crippen molar-refractivity contribution in [1.82, 2.24) is 0 Å². The van der Waals surface area contributed by atoms with Gasteiger partial charge in [-0.1, -0.05) is 33.1 Å². The van der Waals surface area contributed by atoms with Gasteiger partial charge in [-0.05, 0) is 30.3 Å². The van der Waals surface area contributed by atoms with Crippen molar-refractivity contribution in [2.24, 2.45) is 5.92 Å². The second-order valence-corrected chi connectivity index (χ2v) is 6.73. The summed E-state index contributed by atoms with van der Waals surface area (Å²) in [6.07, 6.45) is 7.09. The van der Waals surface area contributed by atoms with Crippen molar-refractivity contribution in [3.8, 4) is 0 Å². The van der Waals surface area contributed by atoms with Gasteiger partial charge in [-0.25, -0.2) is 0 Å². The van der Waals surface area contributed by atoms with E-state index in [9.17, 15) is 0 Å². The molecule has 0 saturated carbocycles. The maximum atomic E-state index is 2.44. The maximum absolute atomic E-state index is 2.44. The van der Waals surface area contributed by atoms with Crippen molar-refractivity contribution < 1.29 is 0 Å². The van der Waals surface area contributed by atoms with Crippen molar-refractivity contribution in [3.05, 3.63) is 0 Å². The normalized spacial score (nSPS) is 21.7. The second kappa shape index (κ2) is 7.05. The molecule has 0 N–H and O–H groups in total. The average molecular weight is 218 g/mol. The van der Waals surface area contributed by atoms with Crippen molar-refractivity contribution in [2.45, 2.75) is 50.5 Å². The fourth-order valence-corrected chi connectivity index (χ4v) is 4.85. The Hall–Kier alpha value is 0.700. The fraction of sp³-hybridized carbons (Fsp3) is 1.00. The molecule has 1 fully saturated rings. The van der Waals surface area contributed by atoms with Gasteiger partial charge in [0, 0.05) is 0 Å². The largest absolute Gasteiger partial charge is 0.147 e. The predicted octanol–water partition coefficient (Wildman–Crippen LogP) is 4.40. The molecule has 0 spiro atoms. The van der Waals surface area contributed by atoms with E-state index in [1.807, 2.05) is 0 Å². The smallest absolute Gasteiger partial charge is 0.0527 e. The van der Waals surface area contributed by atoms with E-state index in [1.165, 1.54) is 43.6 Å². The third kappa shape index (κ3) is 4.64. The molecule has 78 valence electrons. The first-order valence-electron chi connectivity index (χ1n) is 5.57. The minimum absolute atomic E-state index is 0.908. The molecule has 2 heteroatoms. The van der Waals surface area contributed by atoms with Gasteiger partial charge in [0.1, 0.15) is 0 Å². The maximum Gasteiger partial charge on any atom is 0.0527 e. The molecule has 0 aromatic heterocycles. The molecular weight excluding hydrogens is 196 g/mol. The van der Waals surface area contributed by atoms with Crippen LogP contribution in [0.5, 0.6) is 0 Å². The topological polar surface area (TPSA) is 0 Å². The Balaban J connectivity index is 2.09. The highest BCUT2D eigenvalue weighted by Crippen LogP contribution is 2.37. The van der Waals surface area contributed by atoms with E-state index >= 15 is 0 Å². The summed E-state index contributed by atoms with van der Waals surface area (Å²) in [5.74, 6) is 3.73. The number of unbranched alkanes of at least 4 members (excludes halogenated alkanes) is 2. The van der Waals surface area contributed by atoms with Crippen LogP contribution in [0.1, 0.15) is 46.0 Å². The van der Waals surface area contributed by atoms with E-state index in [0.29, 0.717) is 0 Å². The molecule has 0 radical (unpaired) electrons. The van der Waals surface area contributed by atoms with Crippen LogP contribution in [0.2, 0.25) is 0 Å². The highest BCUT2D eigenvalue weighted by Gasteiger charge is 2.20. The van der Waals surface area contributed by atoms with Crippen LogP contribution in [0, 0.1) is 5.92 Å². The van der Waals surface area contributed by atoms with Crippen LogP contribution in [0.25, 0.3) is 0 Å². The fourth-order valence-electron chi connectivity index (χ4n) is 1.69. The average Bonchev–Trinajstić information content (AvgIpc) is 2.19. The van der Waals surface area contributed by atoms with Crippen LogP contribution >= 0.6 is 23.5 Å². The molecule has 0 amide bonds. The van der Waals surface area contributed by atoms with Gasteiger partial charge in [0.05, 0.1) is 4.58 Å². The third-order valence-electron chi connectivity index (χ3n) is 2.58. The Kier molecular flexibility index (Phi) is 6.39. The standard InChI is InChI=1S/C11H22S2/c1-3-4-5-7-10(2)11-12-8-6-9-13-11/h10-11H,3-9H2,1-2H3. The summed E-state index contributed by atoms with van der Waals surface area (Å²) >= 11 is 4.38. The first kappa shape index (κ1) is 11.8. The van der Waals surface area contributed by atoms with E-state index < -0.39 is 0 Å². The Bertz CT molecular complexity index is 119. The first-order valence-corrected chi connectivity index (χ1v) is 7.67. The molecule has 0 nitrogen and oxygen atoms in total. The lowest BCUT2D eigenvalue weighted by Gasteiger charge is -2.26. The third-order valence-corrected chi connectivity index (χ3v) is 6.03. The van der Waals surface area contributed by atoms with Crippen molar-refractivity contribution in [3.63, 3.8) is 0 Å². The molecule has 0 bridgehead atoms. The molecule has 1 heterocycles. The molecule has 0 aliphatic carbocycles. The van der Waals surface area contributed by atoms with Crippen LogP contribution in [0.3, 0.4) is 0 Å². The predicted molar refractivity (Wildman–Crippen MR) is 66.6 cm³/mol. The zero-order chi connectivity index (χ0) is 9.52. The van der Waals surface area contributed by atoms with Gasteiger partial charge in [-0.3, -0.25) is 0 Å². The molecule has 1 aliphatic rings. The van der Waals surface area contributed by atoms with Crippen molar-refractivity contribution >= 4 is 23.5 Å². The summed E-state index contributed by atoms with van der Waals surface area (Å²) in [6.45, 7) is 4.72. The highest BCUT2D eigenvalue weighted by molar-refractivity contribution is 8.17. The van der Waals surface area contributed by atoms with Gasteiger partial charge in [0.2, 0.25) is 0 Å². The van der Waals surface area contributed by atoms with Crippen LogP contribution in [0.4, 0.5) is 0 Å². The Labute approximate surface area is 91.6 Å². The monoisotopic (exact) mass is 218 g/mol. The van der Waals surface area contributed by atoms with Crippen molar-refractivity contribution in [2.75, 3.05) is 11.5 Å². The lowest BCUT2D eigenvalue weighted by atomic mass is 10.1. The molecule has 0 aromatic rings. The molecule has 0 aromatic carbocycles. The molecule has 1 rings (SSSR count). The summed E-state index contributed by atoms with van der Waals surface area (Å²) in [5.41, 5.74) is 0. The molecular formula is C11H22S2. The summed E-state index contributed by atoms with van der Waals surface area (Å²) in [7, 11) is 0. The second-order valence-electron chi connectivity index (χ2n) is 3.94. The van der Waals surface area contributed by atoms with Gasteiger partial charge in [-0.15, -0.1) is 23.5 Å².